The molecule has 31 heavy (non-hydrogen) atoms. The fraction of sp³-hybridized carbons (Fsp3) is 0.292. The third-order valence-electron chi connectivity index (χ3n) is 4.75. The molecule has 3 aromatic rings. The highest BCUT2D eigenvalue weighted by Gasteiger charge is 2.21. The number of benzene rings is 2. The molecule has 0 aliphatic heterocycles. The van der Waals surface area contributed by atoms with E-state index < -0.39 is 5.97 Å². The molecule has 0 aliphatic rings. The molecule has 0 amide bonds. The van der Waals surface area contributed by atoms with Crippen molar-refractivity contribution >= 4 is 35.3 Å². The maximum atomic E-state index is 12.1. The van der Waals surface area contributed by atoms with Crippen LogP contribution in [0.25, 0.3) is 0 Å². The zero-order valence-corrected chi connectivity index (χ0v) is 19.8. The van der Waals surface area contributed by atoms with Crippen LogP contribution in [0.4, 0.5) is 5.82 Å². The fourth-order valence-corrected chi connectivity index (χ4v) is 4.37. The van der Waals surface area contributed by atoms with Crippen molar-refractivity contribution in [3.05, 3.63) is 76.9 Å². The Kier molecular flexibility index (Phi) is 7.62. The van der Waals surface area contributed by atoms with E-state index in [-0.39, 0.29) is 11.0 Å². The minimum atomic E-state index is -1.03. The summed E-state index contributed by atoms with van der Waals surface area (Å²) in [6, 6.07) is 18.3. The van der Waals surface area contributed by atoms with Crippen molar-refractivity contribution in [3.63, 3.8) is 0 Å². The minimum Gasteiger partial charge on any atom is -0.477 e. The number of hydrogen-bond acceptors (Lipinski definition) is 6. The van der Waals surface area contributed by atoms with Crippen LogP contribution in [0.15, 0.2) is 64.8 Å². The summed E-state index contributed by atoms with van der Waals surface area (Å²) in [7, 11) is 0. The Bertz CT molecular complexity index is 1030. The third-order valence-corrected chi connectivity index (χ3v) is 6.34. The lowest BCUT2D eigenvalue weighted by Gasteiger charge is -2.19. The van der Waals surface area contributed by atoms with Gasteiger partial charge in [-0.1, -0.05) is 87.1 Å². The van der Waals surface area contributed by atoms with Gasteiger partial charge >= 0.3 is 5.97 Å². The van der Waals surface area contributed by atoms with Crippen LogP contribution in [0.5, 0.6) is 0 Å². The summed E-state index contributed by atoms with van der Waals surface area (Å²) in [6.07, 6.45) is 1.89. The molecule has 5 nitrogen and oxygen atoms in total. The van der Waals surface area contributed by atoms with Gasteiger partial charge in [0.05, 0.1) is 0 Å². The molecule has 3 rings (SSSR count). The van der Waals surface area contributed by atoms with Crippen LogP contribution in [-0.4, -0.2) is 27.3 Å². The topological polar surface area (TPSA) is 75.1 Å². The molecule has 0 radical (unpaired) electrons. The van der Waals surface area contributed by atoms with Gasteiger partial charge in [0.25, 0.3) is 0 Å². The Morgan fingerprint density at radius 2 is 1.68 bits per heavy atom. The van der Waals surface area contributed by atoms with Gasteiger partial charge in [-0.05, 0) is 28.4 Å². The molecule has 2 N–H and O–H groups in total. The van der Waals surface area contributed by atoms with E-state index in [4.69, 9.17) is 0 Å². The molecule has 0 fully saturated rings. The van der Waals surface area contributed by atoms with E-state index in [1.807, 2.05) is 36.6 Å². The SMILES string of the molecule is CSc1nc(NCc2ccc(C(C)(C)C)cc2)c(C(=O)O)c(SCc2ccccc2)n1. The van der Waals surface area contributed by atoms with E-state index in [2.05, 4.69) is 60.3 Å². The van der Waals surface area contributed by atoms with Crippen molar-refractivity contribution < 1.29 is 9.90 Å². The van der Waals surface area contributed by atoms with Crippen LogP contribution in [0.1, 0.15) is 47.8 Å². The van der Waals surface area contributed by atoms with Gasteiger partial charge < -0.3 is 10.4 Å². The Hall–Kier alpha value is -2.51. The molecule has 0 bridgehead atoms. The number of nitrogens with one attached hydrogen (secondary N) is 1. The Labute approximate surface area is 192 Å². The van der Waals surface area contributed by atoms with Gasteiger partial charge in [0.15, 0.2) is 5.16 Å². The molecule has 0 saturated carbocycles. The van der Waals surface area contributed by atoms with Crippen molar-refractivity contribution in [2.45, 2.75) is 48.7 Å². The monoisotopic (exact) mass is 453 g/mol. The van der Waals surface area contributed by atoms with Gasteiger partial charge in [0.1, 0.15) is 16.4 Å². The van der Waals surface area contributed by atoms with Gasteiger partial charge in [-0.15, -0.1) is 11.8 Å². The lowest BCUT2D eigenvalue weighted by atomic mass is 9.87. The Balaban J connectivity index is 1.83. The first-order valence-electron chi connectivity index (χ1n) is 9.97. The number of hydrogen-bond donors (Lipinski definition) is 2. The zero-order valence-electron chi connectivity index (χ0n) is 18.2. The van der Waals surface area contributed by atoms with Crippen molar-refractivity contribution in [3.8, 4) is 0 Å². The normalized spacial score (nSPS) is 11.4. The molecule has 0 atom stereocenters. The number of rotatable bonds is 8. The van der Waals surface area contributed by atoms with Gasteiger partial charge in [0, 0.05) is 12.3 Å². The maximum absolute atomic E-state index is 12.1. The first kappa shape index (κ1) is 23.2. The second-order valence-electron chi connectivity index (χ2n) is 8.12. The van der Waals surface area contributed by atoms with Crippen LogP contribution >= 0.6 is 23.5 Å². The first-order chi connectivity index (χ1) is 14.8. The quantitative estimate of drug-likeness (QED) is 0.242. The van der Waals surface area contributed by atoms with Crippen molar-refractivity contribution in [2.24, 2.45) is 0 Å². The van der Waals surface area contributed by atoms with Crippen LogP contribution in [0.2, 0.25) is 0 Å². The minimum absolute atomic E-state index is 0.0905. The molecule has 162 valence electrons. The molecule has 7 heteroatoms. The van der Waals surface area contributed by atoms with Crippen molar-refractivity contribution in [2.75, 3.05) is 11.6 Å². The Morgan fingerprint density at radius 3 is 2.26 bits per heavy atom. The lowest BCUT2D eigenvalue weighted by molar-refractivity contribution is 0.0692. The highest BCUT2D eigenvalue weighted by molar-refractivity contribution is 7.99. The molecule has 1 heterocycles. The average Bonchev–Trinajstić information content (AvgIpc) is 2.76. The van der Waals surface area contributed by atoms with E-state index in [9.17, 15) is 9.90 Å². The first-order valence-corrected chi connectivity index (χ1v) is 12.2. The fourth-order valence-electron chi connectivity index (χ4n) is 2.97. The summed E-state index contributed by atoms with van der Waals surface area (Å²) >= 11 is 2.81. The summed E-state index contributed by atoms with van der Waals surface area (Å²) in [5.41, 5.74) is 3.64. The van der Waals surface area contributed by atoms with Crippen LogP contribution in [0, 0.1) is 0 Å². The van der Waals surface area contributed by atoms with Crippen LogP contribution in [-0.2, 0) is 17.7 Å². The lowest BCUT2D eigenvalue weighted by Crippen LogP contribution is -2.13. The number of aromatic carboxylic acids is 1. The molecule has 2 aromatic carbocycles. The summed E-state index contributed by atoms with van der Waals surface area (Å²) in [5, 5.41) is 14.1. The number of carboxylic acid groups (broad SMARTS) is 1. The number of carbonyl (C=O) groups is 1. The molecule has 0 aliphatic carbocycles. The molecule has 0 unspecified atom stereocenters. The zero-order chi connectivity index (χ0) is 22.4. The predicted molar refractivity (Wildman–Crippen MR) is 129 cm³/mol. The van der Waals surface area contributed by atoms with Crippen molar-refractivity contribution in [1.82, 2.24) is 9.97 Å². The van der Waals surface area contributed by atoms with E-state index >= 15 is 0 Å². The van der Waals surface area contributed by atoms with E-state index in [1.54, 1.807) is 0 Å². The van der Waals surface area contributed by atoms with Gasteiger partial charge in [-0.3, -0.25) is 0 Å². The number of thioether (sulfide) groups is 2. The molecule has 0 saturated heterocycles. The molecule has 0 spiro atoms. The molecular formula is C24H27N3O2S2. The second-order valence-corrected chi connectivity index (χ2v) is 9.86. The summed E-state index contributed by atoms with van der Waals surface area (Å²) in [5.74, 6) is -0.0456. The summed E-state index contributed by atoms with van der Waals surface area (Å²) in [6.45, 7) is 7.02. The standard InChI is InChI=1S/C24H27N3O2S2/c1-24(2,3)18-12-10-16(11-13-18)14-25-20-19(22(28)29)21(27-23(26-20)30-4)31-15-17-8-6-5-7-9-17/h5-13H,14-15H2,1-4H3,(H,28,29)(H,25,26,27). The summed E-state index contributed by atoms with van der Waals surface area (Å²) in [4.78, 5) is 21.0. The average molecular weight is 454 g/mol. The predicted octanol–water partition coefficient (Wildman–Crippen LogP) is 6.10. The van der Waals surface area contributed by atoms with E-state index in [0.717, 1.165) is 11.1 Å². The van der Waals surface area contributed by atoms with Gasteiger partial charge in [-0.25, -0.2) is 14.8 Å². The smallest absolute Gasteiger partial charge is 0.342 e. The largest absolute Gasteiger partial charge is 0.477 e. The van der Waals surface area contributed by atoms with Gasteiger partial charge in [0.2, 0.25) is 0 Å². The number of carboxylic acids is 1. The van der Waals surface area contributed by atoms with Gasteiger partial charge in [-0.2, -0.15) is 0 Å². The number of anilines is 1. The second kappa shape index (κ2) is 10.2. The number of aromatic nitrogens is 2. The third kappa shape index (κ3) is 6.24. The Morgan fingerprint density at radius 1 is 1.00 bits per heavy atom. The number of nitrogens with zero attached hydrogens (tertiary/aromatic N) is 2. The maximum Gasteiger partial charge on any atom is 0.342 e. The van der Waals surface area contributed by atoms with E-state index in [0.29, 0.717) is 28.3 Å². The highest BCUT2D eigenvalue weighted by Crippen LogP contribution is 2.31. The van der Waals surface area contributed by atoms with Crippen molar-refractivity contribution in [1.29, 1.82) is 0 Å². The molecule has 1 aromatic heterocycles. The van der Waals surface area contributed by atoms with Crippen LogP contribution < -0.4 is 5.32 Å². The summed E-state index contributed by atoms with van der Waals surface area (Å²) < 4.78 is 0. The molecular weight excluding hydrogens is 426 g/mol. The van der Waals surface area contributed by atoms with Crippen LogP contribution in [0.3, 0.4) is 0 Å². The highest BCUT2D eigenvalue weighted by atomic mass is 32.2. The van der Waals surface area contributed by atoms with E-state index in [1.165, 1.54) is 29.1 Å².